The van der Waals surface area contributed by atoms with E-state index in [4.69, 9.17) is 33.9 Å². The lowest BCUT2D eigenvalue weighted by Crippen LogP contribution is -2.38. The summed E-state index contributed by atoms with van der Waals surface area (Å²) in [5, 5.41) is 0. The van der Waals surface area contributed by atoms with Crippen molar-refractivity contribution in [3.05, 3.63) is 58.7 Å². The van der Waals surface area contributed by atoms with E-state index in [1.165, 1.54) is 23.5 Å². The molecule has 0 atom stereocenters. The van der Waals surface area contributed by atoms with E-state index in [9.17, 15) is 9.59 Å². The summed E-state index contributed by atoms with van der Waals surface area (Å²) in [4.78, 5) is 32.9. The van der Waals surface area contributed by atoms with E-state index < -0.39 is 0 Å². The first-order chi connectivity index (χ1) is 16.5. The molecule has 2 fully saturated rings. The van der Waals surface area contributed by atoms with Gasteiger partial charge < -0.3 is 19.3 Å². The van der Waals surface area contributed by atoms with E-state index in [1.54, 1.807) is 12.1 Å². The number of hydrogen-bond acceptors (Lipinski definition) is 8. The van der Waals surface area contributed by atoms with Crippen LogP contribution in [0.15, 0.2) is 46.2 Å². The summed E-state index contributed by atoms with van der Waals surface area (Å²) in [5.74, 6) is -0.311. The van der Waals surface area contributed by atoms with Gasteiger partial charge in [-0.2, -0.15) is 0 Å². The summed E-state index contributed by atoms with van der Waals surface area (Å²) < 4.78 is 12.2. The summed E-state index contributed by atoms with van der Waals surface area (Å²) in [6, 6.07) is 10.8. The van der Waals surface area contributed by atoms with Crippen molar-refractivity contribution in [2.45, 2.75) is 9.79 Å². The maximum absolute atomic E-state index is 13.7. The summed E-state index contributed by atoms with van der Waals surface area (Å²) in [6.07, 6.45) is 0. The Balaban J connectivity index is 1.44. The molecule has 5 rings (SSSR count). The van der Waals surface area contributed by atoms with Crippen molar-refractivity contribution in [3.63, 3.8) is 0 Å². The first kappa shape index (κ1) is 23.9. The molecule has 0 aromatic heterocycles. The zero-order valence-corrected chi connectivity index (χ0v) is 21.5. The Bertz CT molecular complexity index is 1080. The lowest BCUT2D eigenvalue weighted by Gasteiger charge is -2.30. The Morgan fingerprint density at radius 3 is 1.44 bits per heavy atom. The maximum atomic E-state index is 13.7. The molecular weight excluding hydrogens is 509 g/mol. The van der Waals surface area contributed by atoms with E-state index in [1.807, 2.05) is 24.3 Å². The zero-order chi connectivity index (χ0) is 23.7. The fourth-order valence-corrected chi connectivity index (χ4v) is 6.96. The zero-order valence-electron chi connectivity index (χ0n) is 18.3. The van der Waals surface area contributed by atoms with Crippen LogP contribution >= 0.6 is 48.0 Å². The third-order valence-corrected chi connectivity index (χ3v) is 8.93. The van der Waals surface area contributed by atoms with Gasteiger partial charge in [-0.05, 0) is 12.1 Å². The minimum absolute atomic E-state index is 0.155. The van der Waals surface area contributed by atoms with Crippen LogP contribution in [0.1, 0.15) is 31.8 Å². The molecule has 0 amide bonds. The molecule has 10 heteroatoms. The van der Waals surface area contributed by atoms with Gasteiger partial charge >= 0.3 is 0 Å². The summed E-state index contributed by atoms with van der Waals surface area (Å²) in [7, 11) is 0. The topological polar surface area (TPSA) is 59.1 Å². The highest BCUT2D eigenvalue weighted by Gasteiger charge is 2.34. The maximum Gasteiger partial charge on any atom is 0.195 e. The summed E-state index contributed by atoms with van der Waals surface area (Å²) >= 11 is 14.0. The number of thioether (sulfide) groups is 2. The van der Waals surface area contributed by atoms with Gasteiger partial charge in [0.25, 0.3) is 0 Å². The normalized spacial score (nSPS) is 17.9. The third-order valence-electron chi connectivity index (χ3n) is 5.93. The SMILES string of the molecule is O=C1c2cccc(SC(=S)N3CCOCC3)c2C(=O)c2cccc(SC(=S)N3CCOCC3)c21. The molecule has 2 heterocycles. The number of ketones is 2. The van der Waals surface area contributed by atoms with Crippen LogP contribution in [0.2, 0.25) is 0 Å². The molecule has 0 N–H and O–H groups in total. The molecule has 1 aliphatic carbocycles. The standard InChI is InChI=1S/C24H22N2O4S4/c27-21-15-3-1-5-17(33-23(31)25-7-11-29-12-8-25)19(15)22(28)16-4-2-6-18(20(16)21)34-24(32)26-9-13-30-14-10-26/h1-6H,7-14H2. The van der Waals surface area contributed by atoms with Gasteiger partial charge in [-0.25, -0.2) is 0 Å². The van der Waals surface area contributed by atoms with Gasteiger partial charge in [0.2, 0.25) is 0 Å². The third kappa shape index (κ3) is 4.67. The lowest BCUT2D eigenvalue weighted by molar-refractivity contribution is 0.0702. The number of benzene rings is 2. The largest absolute Gasteiger partial charge is 0.378 e. The fraction of sp³-hybridized carbons (Fsp3) is 0.333. The molecule has 176 valence electrons. The molecule has 0 spiro atoms. The minimum atomic E-state index is -0.155. The van der Waals surface area contributed by atoms with Gasteiger partial charge in [0, 0.05) is 58.2 Å². The number of hydrogen-bond donors (Lipinski definition) is 0. The van der Waals surface area contributed by atoms with Crippen molar-refractivity contribution in [1.82, 2.24) is 9.80 Å². The van der Waals surface area contributed by atoms with Crippen LogP contribution in [0, 0.1) is 0 Å². The molecule has 0 bridgehead atoms. The average molecular weight is 531 g/mol. The van der Waals surface area contributed by atoms with Gasteiger partial charge in [0.05, 0.1) is 26.4 Å². The highest BCUT2D eigenvalue weighted by atomic mass is 32.2. The van der Waals surface area contributed by atoms with Crippen LogP contribution in [-0.4, -0.2) is 82.6 Å². The van der Waals surface area contributed by atoms with Crippen LogP contribution in [0.3, 0.4) is 0 Å². The van der Waals surface area contributed by atoms with Crippen LogP contribution in [0.5, 0.6) is 0 Å². The molecule has 34 heavy (non-hydrogen) atoms. The molecule has 0 unspecified atom stereocenters. The number of morpholine rings is 2. The second-order valence-electron chi connectivity index (χ2n) is 7.95. The number of carbonyl (C=O) groups is 2. The van der Waals surface area contributed by atoms with E-state index in [0.717, 1.165) is 26.2 Å². The summed E-state index contributed by atoms with van der Waals surface area (Å²) in [6.45, 7) is 5.41. The van der Waals surface area contributed by atoms with Crippen LogP contribution in [0.4, 0.5) is 0 Å². The molecule has 0 radical (unpaired) electrons. The number of carbonyl (C=O) groups excluding carboxylic acids is 2. The molecule has 2 aromatic carbocycles. The Morgan fingerprint density at radius 2 is 1.06 bits per heavy atom. The smallest absolute Gasteiger partial charge is 0.195 e. The molecule has 2 aromatic rings. The van der Waals surface area contributed by atoms with Gasteiger partial charge in [-0.15, -0.1) is 0 Å². The van der Waals surface area contributed by atoms with Crippen molar-refractivity contribution in [2.24, 2.45) is 0 Å². The highest BCUT2D eigenvalue weighted by molar-refractivity contribution is 8.23. The summed E-state index contributed by atoms with van der Waals surface area (Å²) in [5.41, 5.74) is 1.69. The van der Waals surface area contributed by atoms with E-state index >= 15 is 0 Å². The van der Waals surface area contributed by atoms with Crippen molar-refractivity contribution >= 4 is 68.2 Å². The molecule has 3 aliphatic rings. The minimum Gasteiger partial charge on any atom is -0.378 e. The highest BCUT2D eigenvalue weighted by Crippen LogP contribution is 2.39. The van der Waals surface area contributed by atoms with Crippen LogP contribution in [0.25, 0.3) is 0 Å². The second kappa shape index (κ2) is 10.4. The predicted octanol–water partition coefficient (Wildman–Crippen LogP) is 3.88. The first-order valence-corrected chi connectivity index (χ1v) is 13.4. The van der Waals surface area contributed by atoms with E-state index in [-0.39, 0.29) is 11.6 Å². The van der Waals surface area contributed by atoms with Crippen LogP contribution in [-0.2, 0) is 9.47 Å². The number of thiocarbonyl (C=S) groups is 2. The fourth-order valence-electron chi connectivity index (χ4n) is 4.16. The second-order valence-corrected chi connectivity index (χ2v) is 11.3. The monoisotopic (exact) mass is 530 g/mol. The molecular formula is C24H22N2O4S4. The molecule has 2 saturated heterocycles. The average Bonchev–Trinajstić information content (AvgIpc) is 2.88. The number of nitrogens with zero attached hydrogens (tertiary/aromatic N) is 2. The Morgan fingerprint density at radius 1 is 0.676 bits per heavy atom. The Kier molecular flexibility index (Phi) is 7.33. The van der Waals surface area contributed by atoms with Crippen molar-refractivity contribution in [2.75, 3.05) is 52.6 Å². The molecule has 0 saturated carbocycles. The quantitative estimate of drug-likeness (QED) is 0.360. The number of fused-ring (bicyclic) bond motifs is 2. The van der Waals surface area contributed by atoms with Gasteiger partial charge in [-0.1, -0.05) is 72.2 Å². The Hall–Kier alpha value is -1.82. The van der Waals surface area contributed by atoms with Crippen molar-refractivity contribution in [3.8, 4) is 0 Å². The van der Waals surface area contributed by atoms with Gasteiger partial charge in [-0.3, -0.25) is 9.59 Å². The number of rotatable bonds is 2. The molecule has 6 nitrogen and oxygen atoms in total. The number of ether oxygens (including phenoxy) is 2. The van der Waals surface area contributed by atoms with Crippen molar-refractivity contribution in [1.29, 1.82) is 0 Å². The van der Waals surface area contributed by atoms with Gasteiger partial charge in [0.15, 0.2) is 11.6 Å². The van der Waals surface area contributed by atoms with E-state index in [2.05, 4.69) is 9.80 Å². The lowest BCUT2D eigenvalue weighted by atomic mass is 9.84. The van der Waals surface area contributed by atoms with E-state index in [0.29, 0.717) is 67.1 Å². The molecule has 2 aliphatic heterocycles. The Labute approximate surface area is 217 Å². The first-order valence-electron chi connectivity index (χ1n) is 11.0. The van der Waals surface area contributed by atoms with Gasteiger partial charge in [0.1, 0.15) is 8.64 Å². The predicted molar refractivity (Wildman–Crippen MR) is 141 cm³/mol. The van der Waals surface area contributed by atoms with Crippen molar-refractivity contribution < 1.29 is 19.1 Å². The van der Waals surface area contributed by atoms with Crippen LogP contribution < -0.4 is 0 Å².